The Hall–Kier alpha value is -0.600. The maximum absolute atomic E-state index is 10.8. The van der Waals surface area contributed by atoms with Gasteiger partial charge in [0.1, 0.15) is 11.6 Å². The van der Waals surface area contributed by atoms with Gasteiger partial charge in [-0.2, -0.15) is 0 Å². The number of ether oxygens (including phenoxy) is 1. The molecule has 0 bridgehead atoms. The Bertz CT molecular complexity index is 345. The summed E-state index contributed by atoms with van der Waals surface area (Å²) in [6, 6.07) is 0. The fraction of sp³-hybridized carbons (Fsp3) is 0.812. The van der Waals surface area contributed by atoms with Crippen LogP contribution in [0.4, 0.5) is 0 Å². The SMILES string of the molecule is C=C=C[C@@]1(N(C)C)[C@H](O)[C@@H](CC(C)C)O[C@H]1C(C)C. The quantitative estimate of drug-likeness (QED) is 0.777. The van der Waals surface area contributed by atoms with Gasteiger partial charge in [-0.25, -0.2) is 0 Å². The molecule has 4 atom stereocenters. The highest BCUT2D eigenvalue weighted by molar-refractivity contribution is 5.20. The van der Waals surface area contributed by atoms with Crippen molar-refractivity contribution in [2.75, 3.05) is 14.1 Å². The first-order valence-corrected chi connectivity index (χ1v) is 7.15. The molecule has 0 aliphatic carbocycles. The maximum atomic E-state index is 10.8. The second kappa shape index (κ2) is 6.23. The number of aliphatic hydroxyl groups is 1. The van der Waals surface area contributed by atoms with Gasteiger partial charge in [0, 0.05) is 0 Å². The molecule has 0 amide bonds. The molecule has 1 N–H and O–H groups in total. The second-order valence-corrected chi connectivity index (χ2v) is 6.54. The summed E-state index contributed by atoms with van der Waals surface area (Å²) in [6.45, 7) is 12.3. The number of likely N-dealkylation sites (N-methyl/N-ethyl adjacent to an activating group) is 1. The van der Waals surface area contributed by atoms with Crippen molar-refractivity contribution in [1.29, 1.82) is 0 Å². The van der Waals surface area contributed by atoms with Crippen molar-refractivity contribution in [3.63, 3.8) is 0 Å². The van der Waals surface area contributed by atoms with E-state index in [1.165, 1.54) is 0 Å². The van der Waals surface area contributed by atoms with Gasteiger partial charge in [-0.15, -0.1) is 5.73 Å². The zero-order chi connectivity index (χ0) is 14.8. The van der Waals surface area contributed by atoms with Gasteiger partial charge >= 0.3 is 0 Å². The van der Waals surface area contributed by atoms with Gasteiger partial charge in [-0.3, -0.25) is 4.90 Å². The number of rotatable bonds is 5. The molecule has 19 heavy (non-hydrogen) atoms. The van der Waals surface area contributed by atoms with Gasteiger partial charge < -0.3 is 9.84 Å². The van der Waals surface area contributed by atoms with Crippen molar-refractivity contribution in [1.82, 2.24) is 4.90 Å². The zero-order valence-corrected chi connectivity index (χ0v) is 13.2. The Labute approximate surface area is 117 Å². The lowest BCUT2D eigenvalue weighted by Crippen LogP contribution is -2.58. The Balaban J connectivity index is 3.19. The monoisotopic (exact) mass is 267 g/mol. The van der Waals surface area contributed by atoms with E-state index in [9.17, 15) is 5.11 Å². The molecule has 3 heteroatoms. The molecule has 1 aliphatic heterocycles. The minimum absolute atomic E-state index is 0.0458. The molecule has 110 valence electrons. The topological polar surface area (TPSA) is 32.7 Å². The number of aliphatic hydroxyl groups excluding tert-OH is 1. The highest BCUT2D eigenvalue weighted by atomic mass is 16.5. The van der Waals surface area contributed by atoms with E-state index >= 15 is 0 Å². The summed E-state index contributed by atoms with van der Waals surface area (Å²) < 4.78 is 6.19. The molecular formula is C16H29NO2. The van der Waals surface area contributed by atoms with Crippen molar-refractivity contribution in [3.8, 4) is 0 Å². The third-order valence-electron chi connectivity index (χ3n) is 4.02. The molecule has 0 spiro atoms. The van der Waals surface area contributed by atoms with Crippen LogP contribution >= 0.6 is 0 Å². The highest BCUT2D eigenvalue weighted by Crippen LogP contribution is 2.41. The first kappa shape index (κ1) is 16.5. The predicted octanol–water partition coefficient (Wildman–Crippen LogP) is 2.46. The third kappa shape index (κ3) is 2.95. The highest BCUT2D eigenvalue weighted by Gasteiger charge is 2.56. The van der Waals surface area contributed by atoms with E-state index in [1.807, 2.05) is 25.1 Å². The van der Waals surface area contributed by atoms with Crippen LogP contribution in [-0.4, -0.2) is 48.0 Å². The first-order valence-electron chi connectivity index (χ1n) is 7.15. The molecule has 3 nitrogen and oxygen atoms in total. The van der Waals surface area contributed by atoms with Crippen LogP contribution in [0, 0.1) is 11.8 Å². The Morgan fingerprint density at radius 2 is 1.95 bits per heavy atom. The molecule has 0 unspecified atom stereocenters. The smallest absolute Gasteiger partial charge is 0.105 e. The van der Waals surface area contributed by atoms with Crippen molar-refractivity contribution in [3.05, 3.63) is 18.4 Å². The fourth-order valence-electron chi connectivity index (χ4n) is 3.16. The van der Waals surface area contributed by atoms with Gasteiger partial charge in [0.15, 0.2) is 0 Å². The van der Waals surface area contributed by atoms with E-state index < -0.39 is 11.6 Å². The molecular weight excluding hydrogens is 238 g/mol. The molecule has 1 saturated heterocycles. The molecule has 1 rings (SSSR count). The van der Waals surface area contributed by atoms with Crippen molar-refractivity contribution < 1.29 is 9.84 Å². The summed E-state index contributed by atoms with van der Waals surface area (Å²) in [5.74, 6) is 0.817. The largest absolute Gasteiger partial charge is 0.388 e. The molecule has 1 fully saturated rings. The molecule has 0 radical (unpaired) electrons. The van der Waals surface area contributed by atoms with Gasteiger partial charge in [0.25, 0.3) is 0 Å². The maximum Gasteiger partial charge on any atom is 0.105 e. The molecule has 0 aromatic carbocycles. The third-order valence-corrected chi connectivity index (χ3v) is 4.02. The lowest BCUT2D eigenvalue weighted by Gasteiger charge is -2.41. The Morgan fingerprint density at radius 1 is 1.37 bits per heavy atom. The van der Waals surface area contributed by atoms with Crippen molar-refractivity contribution >= 4 is 0 Å². The molecule has 0 aromatic rings. The van der Waals surface area contributed by atoms with Crippen molar-refractivity contribution in [2.24, 2.45) is 11.8 Å². The summed E-state index contributed by atoms with van der Waals surface area (Å²) >= 11 is 0. The second-order valence-electron chi connectivity index (χ2n) is 6.54. The van der Waals surface area contributed by atoms with E-state index in [2.05, 4.69) is 40.0 Å². The van der Waals surface area contributed by atoms with E-state index in [0.717, 1.165) is 6.42 Å². The molecule has 1 aliphatic rings. The lowest BCUT2D eigenvalue weighted by molar-refractivity contribution is -0.0227. The number of hydrogen-bond acceptors (Lipinski definition) is 3. The summed E-state index contributed by atoms with van der Waals surface area (Å²) in [6.07, 6.45) is 2.02. The summed E-state index contributed by atoms with van der Waals surface area (Å²) in [4.78, 5) is 2.04. The van der Waals surface area contributed by atoms with Crippen LogP contribution in [0.2, 0.25) is 0 Å². The van der Waals surface area contributed by atoms with Crippen LogP contribution in [-0.2, 0) is 4.74 Å². The van der Waals surface area contributed by atoms with Gasteiger partial charge in [0.2, 0.25) is 0 Å². The fourth-order valence-corrected chi connectivity index (χ4v) is 3.16. The molecule has 0 aromatic heterocycles. The average Bonchev–Trinajstić information content (AvgIpc) is 2.55. The lowest BCUT2D eigenvalue weighted by atomic mass is 9.79. The summed E-state index contributed by atoms with van der Waals surface area (Å²) in [5.41, 5.74) is 2.33. The Kier molecular flexibility index (Phi) is 5.40. The van der Waals surface area contributed by atoms with Crippen LogP contribution < -0.4 is 0 Å². The zero-order valence-electron chi connectivity index (χ0n) is 13.2. The normalized spacial score (nSPS) is 35.2. The number of hydrogen-bond donors (Lipinski definition) is 1. The van der Waals surface area contributed by atoms with Crippen LogP contribution in [0.1, 0.15) is 34.1 Å². The van der Waals surface area contributed by atoms with E-state index in [1.54, 1.807) is 0 Å². The van der Waals surface area contributed by atoms with Crippen molar-refractivity contribution in [2.45, 2.75) is 58.0 Å². The first-order chi connectivity index (χ1) is 8.77. The van der Waals surface area contributed by atoms with Gasteiger partial charge in [-0.1, -0.05) is 34.3 Å². The van der Waals surface area contributed by atoms with Crippen LogP contribution in [0.25, 0.3) is 0 Å². The Morgan fingerprint density at radius 3 is 2.32 bits per heavy atom. The standard InChI is InChI=1S/C16H29NO2/c1-8-9-16(17(6)7)14(18)13(10-11(2)3)19-15(16)12(4)5/h9,11-15,18H,1,10H2,2-7H3/t13-,14-,15+,16-/m1/s1. The van der Waals surface area contributed by atoms with Crippen LogP contribution in [0.5, 0.6) is 0 Å². The van der Waals surface area contributed by atoms with Crippen LogP contribution in [0.3, 0.4) is 0 Å². The minimum atomic E-state index is -0.549. The predicted molar refractivity (Wildman–Crippen MR) is 79.1 cm³/mol. The van der Waals surface area contributed by atoms with E-state index in [-0.39, 0.29) is 12.2 Å². The summed E-state index contributed by atoms with van der Waals surface area (Å²) in [7, 11) is 3.96. The average molecular weight is 267 g/mol. The van der Waals surface area contributed by atoms with Gasteiger partial charge in [-0.05, 0) is 38.4 Å². The minimum Gasteiger partial charge on any atom is -0.388 e. The van der Waals surface area contributed by atoms with Gasteiger partial charge in [0.05, 0.1) is 12.2 Å². The van der Waals surface area contributed by atoms with Crippen LogP contribution in [0.15, 0.2) is 18.4 Å². The van der Waals surface area contributed by atoms with E-state index in [4.69, 9.17) is 4.74 Å². The van der Waals surface area contributed by atoms with E-state index in [0.29, 0.717) is 11.8 Å². The molecule has 1 heterocycles. The summed E-state index contributed by atoms with van der Waals surface area (Å²) in [5, 5.41) is 10.8. The molecule has 0 saturated carbocycles. The number of nitrogens with zero attached hydrogens (tertiary/aromatic N) is 1.